The molecule has 0 aliphatic rings. The molecule has 8 heteroatoms. The van der Waals surface area contributed by atoms with E-state index < -0.39 is 4.92 Å². The van der Waals surface area contributed by atoms with E-state index in [1.807, 2.05) is 24.3 Å². The Morgan fingerprint density at radius 1 is 1.16 bits per heavy atom. The van der Waals surface area contributed by atoms with Crippen LogP contribution in [0.4, 0.5) is 5.69 Å². The largest absolute Gasteiger partial charge is 0.348 e. The van der Waals surface area contributed by atoms with E-state index in [0.717, 1.165) is 10.0 Å². The topological polar surface area (TPSA) is 101 Å². The lowest BCUT2D eigenvalue weighted by molar-refractivity contribution is -0.384. The number of nitrogens with one attached hydrogen (secondary N) is 2. The number of nitrogens with zero attached hydrogens (tertiary/aromatic N) is 2. The van der Waals surface area contributed by atoms with Gasteiger partial charge in [0.1, 0.15) is 0 Å². The Morgan fingerprint density at radius 2 is 1.84 bits per heavy atom. The van der Waals surface area contributed by atoms with Crippen molar-refractivity contribution in [2.24, 2.45) is 0 Å². The van der Waals surface area contributed by atoms with Crippen LogP contribution < -0.4 is 5.32 Å². The first-order valence-electron chi connectivity index (χ1n) is 7.35. The molecule has 2 aromatic carbocycles. The van der Waals surface area contributed by atoms with Crippen LogP contribution in [-0.2, 0) is 6.54 Å². The lowest BCUT2D eigenvalue weighted by atomic mass is 10.1. The third kappa shape index (κ3) is 3.92. The van der Waals surface area contributed by atoms with E-state index >= 15 is 0 Å². The van der Waals surface area contributed by atoms with Gasteiger partial charge in [0.15, 0.2) is 0 Å². The van der Waals surface area contributed by atoms with Gasteiger partial charge in [-0.25, -0.2) is 0 Å². The summed E-state index contributed by atoms with van der Waals surface area (Å²) in [5.41, 5.74) is 2.51. The van der Waals surface area contributed by atoms with Crippen LogP contribution in [0.2, 0.25) is 0 Å². The molecule has 1 amide bonds. The predicted molar refractivity (Wildman–Crippen MR) is 96.0 cm³/mol. The number of H-pyrrole nitrogens is 1. The smallest absolute Gasteiger partial charge is 0.269 e. The van der Waals surface area contributed by atoms with Crippen LogP contribution in [0.5, 0.6) is 0 Å². The standard InChI is InChI=1S/C17H13BrN4O3/c18-13-5-1-11(2-6-13)9-19-17(23)15-10-20-21-16(15)12-3-7-14(8-4-12)22(24)25/h1-8,10H,9H2,(H,19,23)(H,20,21). The number of benzene rings is 2. The van der Waals surface area contributed by atoms with Crippen LogP contribution in [0.1, 0.15) is 15.9 Å². The summed E-state index contributed by atoms with van der Waals surface area (Å²) in [5, 5.41) is 20.3. The number of nitro benzene ring substituents is 1. The average Bonchev–Trinajstić information content (AvgIpc) is 3.11. The minimum absolute atomic E-state index is 0.00972. The minimum atomic E-state index is -0.470. The van der Waals surface area contributed by atoms with Crippen LogP contribution in [0.3, 0.4) is 0 Å². The number of hydrogen-bond donors (Lipinski definition) is 2. The van der Waals surface area contributed by atoms with E-state index in [2.05, 4.69) is 31.4 Å². The number of aromatic nitrogens is 2. The average molecular weight is 401 g/mol. The Bertz CT molecular complexity index is 904. The fraction of sp³-hybridized carbons (Fsp3) is 0.0588. The molecule has 0 atom stereocenters. The van der Waals surface area contributed by atoms with Gasteiger partial charge in [-0.15, -0.1) is 0 Å². The molecule has 0 spiro atoms. The number of rotatable bonds is 5. The zero-order valence-corrected chi connectivity index (χ0v) is 14.5. The summed E-state index contributed by atoms with van der Waals surface area (Å²) >= 11 is 3.36. The first-order valence-corrected chi connectivity index (χ1v) is 8.15. The van der Waals surface area contributed by atoms with Gasteiger partial charge in [0, 0.05) is 28.7 Å². The molecule has 25 heavy (non-hydrogen) atoms. The van der Waals surface area contributed by atoms with Crippen molar-refractivity contribution in [2.45, 2.75) is 6.54 Å². The third-order valence-corrected chi connectivity index (χ3v) is 4.15. The Balaban J connectivity index is 1.75. The maximum atomic E-state index is 12.4. The van der Waals surface area contributed by atoms with Crippen molar-refractivity contribution in [2.75, 3.05) is 0 Å². The highest BCUT2D eigenvalue weighted by atomic mass is 79.9. The summed E-state index contributed by atoms with van der Waals surface area (Å²) in [5.74, 6) is -0.273. The molecule has 1 heterocycles. The molecule has 0 bridgehead atoms. The van der Waals surface area contributed by atoms with Crippen molar-refractivity contribution in [1.82, 2.24) is 15.5 Å². The molecule has 0 fully saturated rings. The third-order valence-electron chi connectivity index (χ3n) is 3.62. The molecule has 126 valence electrons. The van der Waals surface area contributed by atoms with Crippen molar-refractivity contribution < 1.29 is 9.72 Å². The maximum Gasteiger partial charge on any atom is 0.269 e. The first kappa shape index (κ1) is 16.8. The SMILES string of the molecule is O=C(NCc1ccc(Br)cc1)c1cn[nH]c1-c1ccc([N+](=O)[O-])cc1. The lowest BCUT2D eigenvalue weighted by Gasteiger charge is -2.06. The molecule has 3 rings (SSSR count). The monoisotopic (exact) mass is 400 g/mol. The van der Waals surface area contributed by atoms with Crippen molar-refractivity contribution in [1.29, 1.82) is 0 Å². The Hall–Kier alpha value is -3.00. The van der Waals surface area contributed by atoms with Gasteiger partial charge < -0.3 is 5.32 Å². The van der Waals surface area contributed by atoms with Gasteiger partial charge in [0.25, 0.3) is 11.6 Å². The number of nitro groups is 1. The van der Waals surface area contributed by atoms with Gasteiger partial charge in [0.05, 0.1) is 22.4 Å². The number of hydrogen-bond acceptors (Lipinski definition) is 4. The summed E-state index contributed by atoms with van der Waals surface area (Å²) in [4.78, 5) is 22.7. The number of carbonyl (C=O) groups is 1. The fourth-order valence-electron chi connectivity index (χ4n) is 2.31. The Morgan fingerprint density at radius 3 is 2.48 bits per heavy atom. The highest BCUT2D eigenvalue weighted by Crippen LogP contribution is 2.23. The van der Waals surface area contributed by atoms with Gasteiger partial charge in [-0.3, -0.25) is 20.0 Å². The zero-order chi connectivity index (χ0) is 17.8. The zero-order valence-electron chi connectivity index (χ0n) is 12.9. The summed E-state index contributed by atoms with van der Waals surface area (Å²) < 4.78 is 0.970. The van der Waals surface area contributed by atoms with Crippen LogP contribution >= 0.6 is 15.9 Å². The van der Waals surface area contributed by atoms with Gasteiger partial charge in [-0.05, 0) is 29.8 Å². The van der Waals surface area contributed by atoms with E-state index in [4.69, 9.17) is 0 Å². The fourth-order valence-corrected chi connectivity index (χ4v) is 2.57. The van der Waals surface area contributed by atoms with Crippen LogP contribution in [0.25, 0.3) is 11.3 Å². The summed E-state index contributed by atoms with van der Waals surface area (Å²) in [7, 11) is 0. The summed E-state index contributed by atoms with van der Waals surface area (Å²) in [6, 6.07) is 13.6. The molecule has 0 radical (unpaired) electrons. The van der Waals surface area contributed by atoms with E-state index in [0.29, 0.717) is 23.4 Å². The number of halogens is 1. The quantitative estimate of drug-likeness (QED) is 0.503. The van der Waals surface area contributed by atoms with Gasteiger partial charge in [0.2, 0.25) is 0 Å². The van der Waals surface area contributed by atoms with Gasteiger partial charge in [-0.1, -0.05) is 28.1 Å². The van der Waals surface area contributed by atoms with Crippen LogP contribution in [-0.4, -0.2) is 21.0 Å². The second-order valence-electron chi connectivity index (χ2n) is 5.27. The van der Waals surface area contributed by atoms with Crippen molar-refractivity contribution >= 4 is 27.5 Å². The van der Waals surface area contributed by atoms with Crippen molar-refractivity contribution in [3.63, 3.8) is 0 Å². The Kier molecular flexibility index (Phi) is 4.90. The normalized spacial score (nSPS) is 10.4. The first-order chi connectivity index (χ1) is 12.0. The van der Waals surface area contributed by atoms with E-state index in [9.17, 15) is 14.9 Å². The molecule has 3 aromatic rings. The van der Waals surface area contributed by atoms with E-state index in [1.54, 1.807) is 12.1 Å². The lowest BCUT2D eigenvalue weighted by Crippen LogP contribution is -2.22. The maximum absolute atomic E-state index is 12.4. The number of aromatic amines is 1. The molecule has 1 aromatic heterocycles. The molecule has 0 saturated heterocycles. The van der Waals surface area contributed by atoms with Crippen molar-refractivity contribution in [3.05, 3.63) is 80.4 Å². The molecule has 0 saturated carbocycles. The molecule has 2 N–H and O–H groups in total. The Labute approximate surface area is 151 Å². The highest BCUT2D eigenvalue weighted by Gasteiger charge is 2.16. The molecular formula is C17H13BrN4O3. The minimum Gasteiger partial charge on any atom is -0.348 e. The molecule has 0 unspecified atom stereocenters. The van der Waals surface area contributed by atoms with Gasteiger partial charge >= 0.3 is 0 Å². The number of non-ortho nitro benzene ring substituents is 1. The summed E-state index contributed by atoms with van der Waals surface area (Å²) in [6.07, 6.45) is 1.44. The number of carbonyl (C=O) groups excluding carboxylic acids is 1. The van der Waals surface area contributed by atoms with Crippen molar-refractivity contribution in [3.8, 4) is 11.3 Å². The molecular weight excluding hydrogens is 388 g/mol. The molecule has 0 aliphatic heterocycles. The van der Waals surface area contributed by atoms with E-state index in [-0.39, 0.29) is 11.6 Å². The number of amides is 1. The molecule has 0 aliphatic carbocycles. The summed E-state index contributed by atoms with van der Waals surface area (Å²) in [6.45, 7) is 0.386. The molecule has 7 nitrogen and oxygen atoms in total. The highest BCUT2D eigenvalue weighted by molar-refractivity contribution is 9.10. The second kappa shape index (κ2) is 7.27. The van der Waals surface area contributed by atoms with Crippen LogP contribution in [0, 0.1) is 10.1 Å². The van der Waals surface area contributed by atoms with Crippen LogP contribution in [0.15, 0.2) is 59.2 Å². The second-order valence-corrected chi connectivity index (χ2v) is 6.19. The predicted octanol–water partition coefficient (Wildman–Crippen LogP) is 3.68. The van der Waals surface area contributed by atoms with E-state index in [1.165, 1.54) is 18.3 Å². The van der Waals surface area contributed by atoms with Gasteiger partial charge in [-0.2, -0.15) is 5.10 Å².